The Balaban J connectivity index is 1.57. The van der Waals surface area contributed by atoms with Crippen LogP contribution in [-0.4, -0.2) is 53.4 Å². The molecule has 2 heterocycles. The molecule has 146 valence electrons. The highest BCUT2D eigenvalue weighted by Gasteiger charge is 2.29. The van der Waals surface area contributed by atoms with Gasteiger partial charge in [0.25, 0.3) is 0 Å². The molecule has 2 aliphatic heterocycles. The first-order chi connectivity index (χ1) is 13.7. The summed E-state index contributed by atoms with van der Waals surface area (Å²) < 4.78 is 6.15. The number of thiocarbonyl (C=S) groups is 1. The fourth-order valence-corrected chi connectivity index (χ4v) is 5.73. The summed E-state index contributed by atoms with van der Waals surface area (Å²) in [6, 6.07) is 14.4. The van der Waals surface area contributed by atoms with Crippen molar-refractivity contribution in [2.45, 2.75) is 14.7 Å². The van der Waals surface area contributed by atoms with E-state index in [0.717, 1.165) is 43.5 Å². The summed E-state index contributed by atoms with van der Waals surface area (Å²) in [5.41, 5.74) is 1.90. The zero-order chi connectivity index (χ0) is 19.5. The van der Waals surface area contributed by atoms with Gasteiger partial charge in [0.05, 0.1) is 30.3 Å². The summed E-state index contributed by atoms with van der Waals surface area (Å²) in [7, 11) is 0. The van der Waals surface area contributed by atoms with Gasteiger partial charge < -0.3 is 9.64 Å². The van der Waals surface area contributed by atoms with Crippen molar-refractivity contribution >= 4 is 69.1 Å². The van der Waals surface area contributed by atoms with Gasteiger partial charge in [0.15, 0.2) is 0 Å². The molecule has 1 amide bonds. The maximum Gasteiger partial charge on any atom is 0.242 e. The molecule has 2 aromatic rings. The number of morpholine rings is 1. The van der Waals surface area contributed by atoms with E-state index in [9.17, 15) is 4.79 Å². The van der Waals surface area contributed by atoms with Crippen LogP contribution >= 0.6 is 47.5 Å². The molecule has 1 fully saturated rings. The molecule has 2 aromatic carbocycles. The van der Waals surface area contributed by atoms with Crippen LogP contribution in [0.1, 0.15) is 0 Å². The fraction of sp³-hybridized carbons (Fsp3) is 0.300. The van der Waals surface area contributed by atoms with Crippen LogP contribution in [0, 0.1) is 0 Å². The first-order valence-corrected chi connectivity index (χ1v) is 12.4. The average molecular weight is 449 g/mol. The molecule has 0 aromatic heterocycles. The molecule has 0 spiro atoms. The van der Waals surface area contributed by atoms with E-state index in [1.807, 2.05) is 23.1 Å². The summed E-state index contributed by atoms with van der Waals surface area (Å²) >= 11 is 10.4. The van der Waals surface area contributed by atoms with Crippen LogP contribution in [0.15, 0.2) is 57.2 Å². The molecule has 0 saturated carbocycles. The van der Waals surface area contributed by atoms with Crippen LogP contribution in [0.4, 0.5) is 11.4 Å². The van der Waals surface area contributed by atoms with Gasteiger partial charge in [-0.1, -0.05) is 47.9 Å². The Hall–Kier alpha value is -1.19. The predicted octanol–water partition coefficient (Wildman–Crippen LogP) is 4.89. The lowest BCUT2D eigenvalue weighted by Crippen LogP contribution is -2.39. The Bertz CT molecular complexity index is 900. The van der Waals surface area contributed by atoms with Gasteiger partial charge in [0.2, 0.25) is 5.91 Å². The Morgan fingerprint density at radius 1 is 1.14 bits per heavy atom. The van der Waals surface area contributed by atoms with Gasteiger partial charge in [-0.15, -0.1) is 11.8 Å². The van der Waals surface area contributed by atoms with Crippen LogP contribution in [0.2, 0.25) is 0 Å². The highest BCUT2D eigenvalue weighted by molar-refractivity contribution is 8.23. The first-order valence-electron chi connectivity index (χ1n) is 8.94. The molecule has 4 nitrogen and oxygen atoms in total. The molecule has 0 bridgehead atoms. The SMILES string of the molecule is CSc1ccc2c(c1)N(C(=O)CSC(=S)N1CCOCC1)c1ccccc1S2. The lowest BCUT2D eigenvalue weighted by atomic mass is 10.2. The number of carbonyl (C=O) groups excluding carboxylic acids is 1. The van der Waals surface area contributed by atoms with Gasteiger partial charge in [-0.2, -0.15) is 0 Å². The van der Waals surface area contributed by atoms with Crippen molar-refractivity contribution < 1.29 is 9.53 Å². The minimum Gasteiger partial charge on any atom is -0.378 e. The Morgan fingerprint density at radius 2 is 1.89 bits per heavy atom. The molecule has 4 rings (SSSR count). The van der Waals surface area contributed by atoms with Gasteiger partial charge in [-0.25, -0.2) is 0 Å². The number of benzene rings is 2. The zero-order valence-electron chi connectivity index (χ0n) is 15.4. The molecule has 0 unspecified atom stereocenters. The van der Waals surface area contributed by atoms with Crippen molar-refractivity contribution in [2.24, 2.45) is 0 Å². The number of hydrogen-bond acceptors (Lipinski definition) is 6. The van der Waals surface area contributed by atoms with Gasteiger partial charge >= 0.3 is 0 Å². The molecule has 28 heavy (non-hydrogen) atoms. The van der Waals surface area contributed by atoms with Gasteiger partial charge in [-0.3, -0.25) is 9.69 Å². The monoisotopic (exact) mass is 448 g/mol. The van der Waals surface area contributed by atoms with Crippen LogP contribution in [0.25, 0.3) is 0 Å². The minimum atomic E-state index is 0.0489. The van der Waals surface area contributed by atoms with E-state index in [1.54, 1.807) is 23.5 Å². The predicted molar refractivity (Wildman–Crippen MR) is 123 cm³/mol. The number of carbonyl (C=O) groups is 1. The van der Waals surface area contributed by atoms with E-state index in [1.165, 1.54) is 11.8 Å². The van der Waals surface area contributed by atoms with Crippen LogP contribution in [-0.2, 0) is 9.53 Å². The number of rotatable bonds is 3. The molecule has 8 heteroatoms. The molecule has 0 aliphatic carbocycles. The topological polar surface area (TPSA) is 32.8 Å². The number of ether oxygens (including phenoxy) is 1. The minimum absolute atomic E-state index is 0.0489. The standard InChI is InChI=1S/C20H20N2O2S4/c1-26-14-6-7-18-16(12-14)22(15-4-2-3-5-17(15)28-18)19(23)13-27-20(25)21-8-10-24-11-9-21/h2-7,12H,8-11,13H2,1H3. The fourth-order valence-electron chi connectivity index (χ4n) is 3.16. The lowest BCUT2D eigenvalue weighted by Gasteiger charge is -2.32. The molecular formula is C20H20N2O2S4. The second-order valence-corrected chi connectivity index (χ2v) is 9.86. The third-order valence-electron chi connectivity index (χ3n) is 4.57. The zero-order valence-corrected chi connectivity index (χ0v) is 18.7. The lowest BCUT2D eigenvalue weighted by molar-refractivity contribution is -0.115. The third kappa shape index (κ3) is 4.21. The molecule has 0 N–H and O–H groups in total. The third-order valence-corrected chi connectivity index (χ3v) is 7.93. The van der Waals surface area contributed by atoms with Crippen molar-refractivity contribution in [3.63, 3.8) is 0 Å². The van der Waals surface area contributed by atoms with E-state index >= 15 is 0 Å². The van der Waals surface area contributed by atoms with Gasteiger partial charge in [-0.05, 0) is 36.6 Å². The van der Waals surface area contributed by atoms with Crippen LogP contribution < -0.4 is 4.90 Å². The van der Waals surface area contributed by atoms with Crippen molar-refractivity contribution in [1.29, 1.82) is 0 Å². The molecule has 0 atom stereocenters. The maximum atomic E-state index is 13.3. The van der Waals surface area contributed by atoms with Crippen LogP contribution in [0.5, 0.6) is 0 Å². The van der Waals surface area contributed by atoms with E-state index in [2.05, 4.69) is 35.4 Å². The molecular weight excluding hydrogens is 429 g/mol. The number of fused-ring (bicyclic) bond motifs is 2. The van der Waals surface area contributed by atoms with Gasteiger partial charge in [0.1, 0.15) is 4.32 Å². The summed E-state index contributed by atoms with van der Waals surface area (Å²) in [6.07, 6.45) is 2.05. The number of para-hydroxylation sites is 1. The second-order valence-electron chi connectivity index (χ2n) is 6.29. The average Bonchev–Trinajstić information content (AvgIpc) is 2.75. The quantitative estimate of drug-likeness (QED) is 0.488. The van der Waals surface area contributed by atoms with Crippen molar-refractivity contribution in [3.05, 3.63) is 42.5 Å². The largest absolute Gasteiger partial charge is 0.378 e. The number of nitrogens with zero attached hydrogens (tertiary/aromatic N) is 2. The molecule has 2 aliphatic rings. The highest BCUT2D eigenvalue weighted by atomic mass is 32.2. The first kappa shape index (κ1) is 20.1. The smallest absolute Gasteiger partial charge is 0.242 e. The number of anilines is 2. The van der Waals surface area contributed by atoms with E-state index in [4.69, 9.17) is 17.0 Å². The van der Waals surface area contributed by atoms with E-state index < -0.39 is 0 Å². The highest BCUT2D eigenvalue weighted by Crippen LogP contribution is 2.49. The summed E-state index contributed by atoms with van der Waals surface area (Å²) in [5.74, 6) is 0.367. The normalized spacial score (nSPS) is 15.8. The Labute approximate surface area is 183 Å². The Morgan fingerprint density at radius 3 is 2.68 bits per heavy atom. The summed E-state index contributed by atoms with van der Waals surface area (Å²) in [5, 5.41) is 0. The van der Waals surface area contributed by atoms with Crippen molar-refractivity contribution in [2.75, 3.05) is 43.2 Å². The second kappa shape index (κ2) is 9.09. The summed E-state index contributed by atoms with van der Waals surface area (Å²) in [6.45, 7) is 2.97. The van der Waals surface area contributed by atoms with Gasteiger partial charge in [0, 0.05) is 27.8 Å². The maximum absolute atomic E-state index is 13.3. The van der Waals surface area contributed by atoms with E-state index in [-0.39, 0.29) is 5.91 Å². The molecule has 0 radical (unpaired) electrons. The number of hydrogen-bond donors (Lipinski definition) is 0. The van der Waals surface area contributed by atoms with E-state index in [0.29, 0.717) is 19.0 Å². The molecule has 1 saturated heterocycles. The number of thioether (sulfide) groups is 2. The van der Waals surface area contributed by atoms with Crippen LogP contribution in [0.3, 0.4) is 0 Å². The van der Waals surface area contributed by atoms with Crippen molar-refractivity contribution in [3.8, 4) is 0 Å². The Kier molecular flexibility index (Phi) is 6.52. The van der Waals surface area contributed by atoms with Crippen molar-refractivity contribution in [1.82, 2.24) is 4.90 Å². The number of amides is 1. The summed E-state index contributed by atoms with van der Waals surface area (Å²) in [4.78, 5) is 20.6.